The van der Waals surface area contributed by atoms with Crippen LogP contribution in [0.4, 0.5) is 17.1 Å². The van der Waals surface area contributed by atoms with Crippen LogP contribution in [0.2, 0.25) is 0 Å². The van der Waals surface area contributed by atoms with Gasteiger partial charge in [0, 0.05) is 152 Å². The van der Waals surface area contributed by atoms with Crippen LogP contribution in [0.25, 0.3) is 235 Å². The lowest BCUT2D eigenvalue weighted by Crippen LogP contribution is -2.10. The maximum atomic E-state index is 2.51. The normalized spacial score (nSPS) is 11.8. The molecule has 30 aromatic rings. The largest absolute Gasteiger partial charge is 0.310 e. The zero-order valence-electron chi connectivity index (χ0n) is 76.6. The molecule has 30 rings (SSSR count). The molecule has 0 radical (unpaired) electrons. The van der Waals surface area contributed by atoms with Crippen molar-refractivity contribution in [1.82, 2.24) is 32.0 Å². The molecule has 0 atom stereocenters. The van der Waals surface area contributed by atoms with Gasteiger partial charge < -0.3 is 36.9 Å². The van der Waals surface area contributed by atoms with E-state index in [1.54, 1.807) is 0 Å². The van der Waals surface area contributed by atoms with E-state index in [1.165, 1.54) is 195 Å². The fraction of sp³-hybridized carbons (Fsp3) is 0. The number of rotatable bonds is 12. The highest BCUT2D eigenvalue weighted by Crippen LogP contribution is 2.55. The van der Waals surface area contributed by atoms with E-state index in [4.69, 9.17) is 0 Å². The van der Waals surface area contributed by atoms with Crippen molar-refractivity contribution in [3.63, 3.8) is 0 Å². The van der Waals surface area contributed by atoms with Gasteiger partial charge in [-0.25, -0.2) is 0 Å². The van der Waals surface area contributed by atoms with E-state index < -0.39 is 0 Å². The van der Waals surface area contributed by atoms with Crippen molar-refractivity contribution in [2.24, 2.45) is 0 Å². The Balaban J connectivity index is 0.000000104. The second kappa shape index (κ2) is 33.2. The first kappa shape index (κ1) is 80.9. The molecule has 9 heteroatoms. The van der Waals surface area contributed by atoms with Gasteiger partial charge in [-0.2, -0.15) is 0 Å². The van der Waals surface area contributed by atoms with E-state index in [0.29, 0.717) is 0 Å². The summed E-state index contributed by atoms with van der Waals surface area (Å²) in [5.74, 6) is 0. The minimum atomic E-state index is 1.10. The Labute approximate surface area is 815 Å². The number of fused-ring (bicyclic) bond motifs is 31. The van der Waals surface area contributed by atoms with Crippen LogP contribution in [0, 0.1) is 0 Å². The van der Waals surface area contributed by atoms with Crippen LogP contribution in [0.5, 0.6) is 0 Å². The van der Waals surface area contributed by atoms with Crippen molar-refractivity contribution < 1.29 is 0 Å². The first-order valence-corrected chi connectivity index (χ1v) is 49.1. The van der Waals surface area contributed by atoms with Crippen LogP contribution in [-0.4, -0.2) is 32.0 Å². The summed E-state index contributed by atoms with van der Waals surface area (Å²) in [5.41, 5.74) is 33.2. The highest BCUT2D eigenvalue weighted by Gasteiger charge is 2.32. The summed E-state index contributed by atoms with van der Waals surface area (Å²) in [6, 6.07) is 189. The minimum absolute atomic E-state index is 1.10. The topological polar surface area (TPSA) is 37.8 Å². The van der Waals surface area contributed by atoms with Crippen LogP contribution >= 0.6 is 11.3 Å². The molecule has 141 heavy (non-hydrogen) atoms. The fourth-order valence-electron chi connectivity index (χ4n) is 22.9. The molecule has 0 saturated carbocycles. The maximum Gasteiger partial charge on any atom is 0.0810 e. The number of aromatic nitrogens is 7. The van der Waals surface area contributed by atoms with E-state index in [-0.39, 0.29) is 0 Å². The van der Waals surface area contributed by atoms with Gasteiger partial charge in [0.05, 0.1) is 77.2 Å². The van der Waals surface area contributed by atoms with Crippen LogP contribution in [-0.2, 0) is 0 Å². The SMILES string of the molecule is c1ccc(-c2ccc(-n3c4ccccc4c4c5c6ccccc6sc5c5c6ccccc6n(-c6ccccc6)c5c43)cc2)cc1.c1ccc(-c2ccc(N(c3ccccc3)c3ccc4c5ccc6c7ccccc7n(-c7ccccc7)c6c5n(-c5ccccc5)c4c3)cc2)cc1.c1ccc(-n2c3ccccc3c3c4c5ccccc5n(-c5ccccc5)c4c4c(c5ccccc5n4-c4ccccc4)c32)cc1. The van der Waals surface area contributed by atoms with Gasteiger partial charge in [0.1, 0.15) is 0 Å². The van der Waals surface area contributed by atoms with Gasteiger partial charge in [0.15, 0.2) is 0 Å². The number of hydrogen-bond donors (Lipinski definition) is 0. The van der Waals surface area contributed by atoms with Crippen LogP contribution in [0.3, 0.4) is 0 Å². The lowest BCUT2D eigenvalue weighted by Gasteiger charge is -2.26. The third kappa shape index (κ3) is 12.8. The molecule has 0 fully saturated rings. The highest BCUT2D eigenvalue weighted by molar-refractivity contribution is 7.27. The lowest BCUT2D eigenvalue weighted by molar-refractivity contribution is 1.15. The molecule has 8 heterocycles. The molecule has 22 aromatic carbocycles. The third-order valence-electron chi connectivity index (χ3n) is 28.8. The summed E-state index contributed by atoms with van der Waals surface area (Å²) in [5, 5.41) is 20.4. The Morgan fingerprint density at radius 3 is 0.809 bits per heavy atom. The molecule has 0 aliphatic rings. The van der Waals surface area contributed by atoms with E-state index >= 15 is 0 Å². The van der Waals surface area contributed by atoms with Crippen molar-refractivity contribution >= 4 is 201 Å². The van der Waals surface area contributed by atoms with Crippen molar-refractivity contribution in [3.05, 3.63) is 522 Å². The molecule has 0 spiro atoms. The van der Waals surface area contributed by atoms with Crippen LogP contribution < -0.4 is 4.90 Å². The summed E-state index contributed by atoms with van der Waals surface area (Å²) in [6.07, 6.45) is 0. The van der Waals surface area contributed by atoms with E-state index in [1.807, 2.05) is 11.3 Å². The van der Waals surface area contributed by atoms with Crippen LogP contribution in [0.1, 0.15) is 0 Å². The quantitative estimate of drug-likeness (QED) is 0.120. The summed E-state index contributed by atoms with van der Waals surface area (Å²) in [4.78, 5) is 2.36. The van der Waals surface area contributed by atoms with Crippen molar-refractivity contribution in [2.45, 2.75) is 0 Å². The molecule has 0 bridgehead atoms. The number of thiophene rings is 1. The monoisotopic (exact) mass is 1810 g/mol. The summed E-state index contributed by atoms with van der Waals surface area (Å²) >= 11 is 1.92. The molecule has 8 aromatic heterocycles. The molecule has 0 aliphatic heterocycles. The summed E-state index contributed by atoms with van der Waals surface area (Å²) < 4.78 is 20.0. The Bertz CT molecular complexity index is 10100. The van der Waals surface area contributed by atoms with Crippen molar-refractivity contribution in [3.8, 4) is 62.1 Å². The lowest BCUT2D eigenvalue weighted by atomic mass is 10.0. The summed E-state index contributed by atoms with van der Waals surface area (Å²) in [6.45, 7) is 0. The first-order chi connectivity index (χ1) is 70.1. The number of anilines is 3. The van der Waals surface area contributed by atoms with E-state index in [0.717, 1.165) is 56.7 Å². The molecule has 0 saturated heterocycles. The molecule has 0 N–H and O–H groups in total. The molecular weight excluding hydrogens is 1730 g/mol. The zero-order valence-corrected chi connectivity index (χ0v) is 77.5. The van der Waals surface area contributed by atoms with Gasteiger partial charge in [-0.05, 0) is 186 Å². The number of hydrogen-bond acceptors (Lipinski definition) is 2. The Morgan fingerprint density at radius 1 is 0.142 bits per heavy atom. The van der Waals surface area contributed by atoms with Gasteiger partial charge in [0.2, 0.25) is 0 Å². The summed E-state index contributed by atoms with van der Waals surface area (Å²) in [7, 11) is 0. The van der Waals surface area contributed by atoms with Crippen molar-refractivity contribution in [2.75, 3.05) is 4.90 Å². The molecule has 0 unspecified atom stereocenters. The average molecular weight is 1820 g/mol. The molecule has 0 amide bonds. The van der Waals surface area contributed by atoms with Gasteiger partial charge in [-0.15, -0.1) is 11.3 Å². The highest BCUT2D eigenvalue weighted by atomic mass is 32.1. The number of benzene rings is 22. The van der Waals surface area contributed by atoms with E-state index in [2.05, 4.69) is 559 Å². The number of para-hydroxylation sites is 13. The average Bonchev–Trinajstić information content (AvgIpc) is 1.51. The molecule has 660 valence electrons. The smallest absolute Gasteiger partial charge is 0.0810 e. The van der Waals surface area contributed by atoms with Crippen LogP contribution in [0.15, 0.2) is 522 Å². The Hall–Kier alpha value is -18.5. The second-order valence-corrected chi connectivity index (χ2v) is 37.5. The maximum absolute atomic E-state index is 2.51. The Kier molecular flexibility index (Phi) is 19.0. The van der Waals surface area contributed by atoms with Crippen molar-refractivity contribution in [1.29, 1.82) is 0 Å². The zero-order chi connectivity index (χ0) is 92.7. The molecular formula is C132H86N8S. The van der Waals surface area contributed by atoms with Gasteiger partial charge >= 0.3 is 0 Å². The minimum Gasteiger partial charge on any atom is -0.310 e. The standard InChI is InChI=1S/C48H33N3.C42H27N3.C42H26N2S/c1-5-15-34(16-6-1)35-25-27-39(28-26-35)49(36-17-7-2-8-18-36)40-29-30-42-44-32-31-43-41-23-13-14-24-45(41)50(37-19-9-3-10-20-37)47(43)48(44)51(46(42)33-40)38-21-11-4-12-22-38;1-4-16-28(17-5-1)43-34-25-13-10-22-31(34)37-38-32-23-11-14-26-35(32)44(29-18-6-2-7-19-29)41(38)42-39(40(37)43)33-24-12-15-27-36(33)45(42)30-20-8-3-9-21-30;1-3-13-27(14-4-1)28-23-25-30(26-24-28)44-34-20-10-7-17-31(34)37-38-33-19-9-12-22-36(33)45-42(38)39-32-18-8-11-21-35(32)43(41(39)40(37)44)29-15-5-2-6-16-29/h1-33H;1-27H;1-26H. The van der Waals surface area contributed by atoms with E-state index in [9.17, 15) is 0 Å². The predicted molar refractivity (Wildman–Crippen MR) is 598 cm³/mol. The molecule has 0 aliphatic carbocycles. The van der Waals surface area contributed by atoms with Gasteiger partial charge in [-0.3, -0.25) is 0 Å². The second-order valence-electron chi connectivity index (χ2n) is 36.4. The predicted octanol–water partition coefficient (Wildman–Crippen LogP) is 35.9. The fourth-order valence-corrected chi connectivity index (χ4v) is 24.2. The number of nitrogens with zero attached hydrogens (tertiary/aromatic N) is 8. The first-order valence-electron chi connectivity index (χ1n) is 48.3. The molecule has 8 nitrogen and oxygen atoms in total. The Morgan fingerprint density at radius 2 is 0.390 bits per heavy atom. The van der Waals surface area contributed by atoms with Gasteiger partial charge in [-0.1, -0.05) is 358 Å². The van der Waals surface area contributed by atoms with Gasteiger partial charge in [0.25, 0.3) is 0 Å². The third-order valence-corrected chi connectivity index (χ3v) is 29.9.